The highest BCUT2D eigenvalue weighted by molar-refractivity contribution is 8.01. The minimum Gasteiger partial charge on any atom is -0.481 e. The summed E-state index contributed by atoms with van der Waals surface area (Å²) in [6.45, 7) is 4.03. The molecule has 1 aromatic rings. The molecule has 2 rings (SSSR count). The number of fused-ring (bicyclic) bond motifs is 1. The molecule has 0 fully saturated rings. The van der Waals surface area contributed by atoms with Gasteiger partial charge in [0, 0.05) is 17.1 Å². The van der Waals surface area contributed by atoms with Crippen molar-refractivity contribution in [1.82, 2.24) is 0 Å². The van der Waals surface area contributed by atoms with Crippen molar-refractivity contribution >= 4 is 35.0 Å². The Morgan fingerprint density at radius 3 is 2.80 bits per heavy atom. The quantitative estimate of drug-likeness (QED) is 0.833. The number of aliphatic carboxylic acids is 1. The first-order chi connectivity index (χ1) is 9.37. The molecule has 0 radical (unpaired) electrons. The Morgan fingerprint density at radius 2 is 2.20 bits per heavy atom. The van der Waals surface area contributed by atoms with Gasteiger partial charge in [-0.1, -0.05) is 6.92 Å². The van der Waals surface area contributed by atoms with Gasteiger partial charge in [0.2, 0.25) is 5.91 Å². The second-order valence-electron chi connectivity index (χ2n) is 5.01. The molecule has 3 N–H and O–H groups in total. The summed E-state index contributed by atoms with van der Waals surface area (Å²) in [7, 11) is 0. The monoisotopic (exact) mass is 294 g/mol. The van der Waals surface area contributed by atoms with E-state index in [4.69, 9.17) is 10.8 Å². The Labute approximate surface area is 122 Å². The van der Waals surface area contributed by atoms with E-state index in [-0.39, 0.29) is 18.9 Å². The number of hydrogen-bond acceptors (Lipinski definition) is 4. The predicted molar refractivity (Wildman–Crippen MR) is 80.0 cm³/mol. The lowest BCUT2D eigenvalue weighted by Gasteiger charge is -2.39. The van der Waals surface area contributed by atoms with Gasteiger partial charge in [0.05, 0.1) is 16.9 Å². The Morgan fingerprint density at radius 1 is 1.50 bits per heavy atom. The van der Waals surface area contributed by atoms with E-state index in [1.54, 1.807) is 17.0 Å². The molecule has 0 saturated heterocycles. The maximum Gasteiger partial charge on any atom is 0.305 e. The molecule has 1 aliphatic heterocycles. The summed E-state index contributed by atoms with van der Waals surface area (Å²) in [5.74, 6) is -0.949. The maximum atomic E-state index is 12.6. The van der Waals surface area contributed by atoms with E-state index in [9.17, 15) is 9.59 Å². The number of nitrogen functional groups attached to an aromatic ring is 1. The molecule has 0 aliphatic carbocycles. The minimum absolute atomic E-state index is 0.0384. The van der Waals surface area contributed by atoms with E-state index in [1.165, 1.54) is 11.8 Å². The van der Waals surface area contributed by atoms with Crippen molar-refractivity contribution in [2.75, 3.05) is 17.2 Å². The summed E-state index contributed by atoms with van der Waals surface area (Å²) in [5.41, 5.74) is 7.20. The zero-order chi connectivity index (χ0) is 14.9. The summed E-state index contributed by atoms with van der Waals surface area (Å²) in [4.78, 5) is 25.9. The van der Waals surface area contributed by atoms with Crippen LogP contribution in [0.15, 0.2) is 23.1 Å². The number of rotatable bonds is 4. The first-order valence-corrected chi connectivity index (χ1v) is 7.31. The standard InChI is InChI=1S/C14H18N2O3S/c1-3-14(2)13(19)16(7-6-12(17)18)10-5-4-9(15)8-11(10)20-14/h4-5,8H,3,6-7,15H2,1-2H3,(H,17,18). The van der Waals surface area contributed by atoms with Gasteiger partial charge in [0.25, 0.3) is 0 Å². The molecule has 1 unspecified atom stereocenters. The molecule has 1 atom stereocenters. The zero-order valence-corrected chi connectivity index (χ0v) is 12.4. The lowest BCUT2D eigenvalue weighted by atomic mass is 10.0. The number of nitrogens with two attached hydrogens (primary N) is 1. The second-order valence-corrected chi connectivity index (χ2v) is 6.56. The number of carboxylic acids is 1. The van der Waals surface area contributed by atoms with Crippen LogP contribution in [0.4, 0.5) is 11.4 Å². The Hall–Kier alpha value is -1.69. The maximum absolute atomic E-state index is 12.6. The van der Waals surface area contributed by atoms with E-state index < -0.39 is 10.7 Å². The van der Waals surface area contributed by atoms with Crippen LogP contribution in [0.1, 0.15) is 26.7 Å². The van der Waals surface area contributed by atoms with Gasteiger partial charge in [0.1, 0.15) is 0 Å². The summed E-state index contributed by atoms with van der Waals surface area (Å²) < 4.78 is -0.570. The Balaban J connectivity index is 2.43. The molecular formula is C14H18N2O3S. The van der Waals surface area contributed by atoms with Gasteiger partial charge in [-0.3, -0.25) is 9.59 Å². The number of carbonyl (C=O) groups excluding carboxylic acids is 1. The van der Waals surface area contributed by atoms with E-state index >= 15 is 0 Å². The summed E-state index contributed by atoms with van der Waals surface area (Å²) in [6.07, 6.45) is 0.605. The van der Waals surface area contributed by atoms with E-state index in [2.05, 4.69) is 0 Å². The normalized spacial score (nSPS) is 21.7. The van der Waals surface area contributed by atoms with Crippen molar-refractivity contribution in [3.63, 3.8) is 0 Å². The fraction of sp³-hybridized carbons (Fsp3) is 0.429. The lowest BCUT2D eigenvalue weighted by Crippen LogP contribution is -2.48. The number of amides is 1. The van der Waals surface area contributed by atoms with Crippen molar-refractivity contribution in [3.05, 3.63) is 18.2 Å². The topological polar surface area (TPSA) is 83.6 Å². The molecule has 108 valence electrons. The van der Waals surface area contributed by atoms with Gasteiger partial charge in [-0.2, -0.15) is 0 Å². The molecule has 1 amide bonds. The summed E-state index contributed by atoms with van der Waals surface area (Å²) in [6, 6.07) is 5.36. The highest BCUT2D eigenvalue weighted by Crippen LogP contribution is 2.47. The van der Waals surface area contributed by atoms with Crippen LogP contribution in [0.25, 0.3) is 0 Å². The van der Waals surface area contributed by atoms with Gasteiger partial charge in [-0.25, -0.2) is 0 Å². The van der Waals surface area contributed by atoms with Crippen molar-refractivity contribution in [1.29, 1.82) is 0 Å². The van der Waals surface area contributed by atoms with Crippen LogP contribution < -0.4 is 10.6 Å². The van der Waals surface area contributed by atoms with Crippen LogP contribution in [0.5, 0.6) is 0 Å². The van der Waals surface area contributed by atoms with Crippen LogP contribution in [0, 0.1) is 0 Å². The fourth-order valence-electron chi connectivity index (χ4n) is 2.17. The molecule has 1 heterocycles. The summed E-state index contributed by atoms with van der Waals surface area (Å²) >= 11 is 1.50. The number of nitrogens with zero attached hydrogens (tertiary/aromatic N) is 1. The van der Waals surface area contributed by atoms with Gasteiger partial charge in [-0.15, -0.1) is 11.8 Å². The van der Waals surface area contributed by atoms with Crippen LogP contribution in [0.3, 0.4) is 0 Å². The zero-order valence-electron chi connectivity index (χ0n) is 11.5. The SMILES string of the molecule is CCC1(C)Sc2cc(N)ccc2N(CCC(=O)O)C1=O. The molecule has 20 heavy (non-hydrogen) atoms. The highest BCUT2D eigenvalue weighted by Gasteiger charge is 2.42. The predicted octanol–water partition coefficient (Wildman–Crippen LogP) is 2.35. The lowest BCUT2D eigenvalue weighted by molar-refractivity contribution is -0.136. The number of carbonyl (C=O) groups is 2. The first kappa shape index (κ1) is 14.7. The van der Waals surface area contributed by atoms with Crippen molar-refractivity contribution in [3.8, 4) is 0 Å². The third-order valence-electron chi connectivity index (χ3n) is 3.53. The number of carboxylic acid groups (broad SMARTS) is 1. The van der Waals surface area contributed by atoms with Crippen LogP contribution >= 0.6 is 11.8 Å². The van der Waals surface area contributed by atoms with Crippen molar-refractivity contribution < 1.29 is 14.7 Å². The van der Waals surface area contributed by atoms with Crippen LogP contribution in [-0.2, 0) is 9.59 Å². The van der Waals surface area contributed by atoms with Crippen molar-refractivity contribution in [2.45, 2.75) is 36.3 Å². The molecule has 5 nitrogen and oxygen atoms in total. The smallest absolute Gasteiger partial charge is 0.305 e. The van der Waals surface area contributed by atoms with Gasteiger partial charge in [-0.05, 0) is 31.5 Å². The van der Waals surface area contributed by atoms with Gasteiger partial charge in [0.15, 0.2) is 0 Å². The average molecular weight is 294 g/mol. The fourth-order valence-corrected chi connectivity index (χ4v) is 3.47. The molecule has 0 saturated carbocycles. The molecule has 0 bridgehead atoms. The minimum atomic E-state index is -0.911. The van der Waals surface area contributed by atoms with E-state index in [0.29, 0.717) is 12.1 Å². The van der Waals surface area contributed by atoms with E-state index in [1.807, 2.05) is 19.9 Å². The molecule has 1 aliphatic rings. The highest BCUT2D eigenvalue weighted by atomic mass is 32.2. The van der Waals surface area contributed by atoms with Gasteiger partial charge >= 0.3 is 5.97 Å². The summed E-state index contributed by atoms with van der Waals surface area (Å²) in [5, 5.41) is 8.85. The number of thioether (sulfide) groups is 1. The molecule has 0 spiro atoms. The Kier molecular flexibility index (Phi) is 3.94. The first-order valence-electron chi connectivity index (χ1n) is 6.49. The van der Waals surface area contributed by atoms with Gasteiger partial charge < -0.3 is 15.7 Å². The van der Waals surface area contributed by atoms with Crippen LogP contribution in [-0.4, -0.2) is 28.3 Å². The van der Waals surface area contributed by atoms with Crippen LogP contribution in [0.2, 0.25) is 0 Å². The largest absolute Gasteiger partial charge is 0.481 e. The molecule has 1 aromatic carbocycles. The average Bonchev–Trinajstić information content (AvgIpc) is 2.39. The second kappa shape index (κ2) is 5.36. The Bertz CT molecular complexity index is 561. The molecular weight excluding hydrogens is 276 g/mol. The van der Waals surface area contributed by atoms with E-state index in [0.717, 1.165) is 10.6 Å². The number of benzene rings is 1. The number of hydrogen-bond donors (Lipinski definition) is 2. The number of anilines is 2. The molecule has 0 aromatic heterocycles. The van der Waals surface area contributed by atoms with Crippen molar-refractivity contribution in [2.24, 2.45) is 0 Å². The third-order valence-corrected chi connectivity index (χ3v) is 4.99. The third kappa shape index (κ3) is 2.60. The molecule has 6 heteroatoms.